The number of hydrogen-bond donors (Lipinski definition) is 1. The molecule has 0 aromatic heterocycles. The van der Waals surface area contributed by atoms with Gasteiger partial charge in [-0.3, -0.25) is 4.79 Å². The molecule has 0 saturated heterocycles. The number of ether oxygens (including phenoxy) is 5. The number of aromatic hydroxyl groups is 1. The molecule has 7 nitrogen and oxygen atoms in total. The van der Waals surface area contributed by atoms with E-state index in [1.54, 1.807) is 32.4 Å². The maximum absolute atomic E-state index is 13.7. The lowest BCUT2D eigenvalue weighted by molar-refractivity contribution is 0.0825. The summed E-state index contributed by atoms with van der Waals surface area (Å²) in [6.45, 7) is 4.59. The van der Waals surface area contributed by atoms with Crippen LogP contribution in [0.5, 0.6) is 34.5 Å². The molecule has 0 bridgehead atoms. The molecule has 0 aliphatic carbocycles. The topological polar surface area (TPSA) is 83.5 Å². The lowest BCUT2D eigenvalue weighted by Gasteiger charge is -2.34. The Labute approximate surface area is 252 Å². The summed E-state index contributed by atoms with van der Waals surface area (Å²) in [6.07, 6.45) is 4.41. The summed E-state index contributed by atoms with van der Waals surface area (Å²) in [5, 5.41) is 11.1. The van der Waals surface area contributed by atoms with E-state index >= 15 is 0 Å². The third kappa shape index (κ3) is 6.95. The minimum Gasteiger partial charge on any atom is -0.507 e. The average molecular weight is 581 g/mol. The van der Waals surface area contributed by atoms with E-state index in [-0.39, 0.29) is 17.9 Å². The van der Waals surface area contributed by atoms with Crippen LogP contribution in [0.25, 0.3) is 6.08 Å². The van der Waals surface area contributed by atoms with Gasteiger partial charge in [-0.2, -0.15) is 0 Å². The van der Waals surface area contributed by atoms with Gasteiger partial charge >= 0.3 is 0 Å². The number of hydrogen-bond acceptors (Lipinski definition) is 7. The van der Waals surface area contributed by atoms with Crippen LogP contribution in [0.4, 0.5) is 0 Å². The zero-order chi connectivity index (χ0) is 30.4. The van der Waals surface area contributed by atoms with Gasteiger partial charge in [-0.1, -0.05) is 60.7 Å². The van der Waals surface area contributed by atoms with Gasteiger partial charge in [0.1, 0.15) is 47.4 Å². The highest BCUT2D eigenvalue weighted by Crippen LogP contribution is 2.45. The molecule has 0 fully saturated rings. The predicted octanol–water partition coefficient (Wildman–Crippen LogP) is 7.57. The zero-order valence-corrected chi connectivity index (χ0v) is 24.9. The Morgan fingerprint density at radius 1 is 0.860 bits per heavy atom. The second kappa shape index (κ2) is 12.9. The van der Waals surface area contributed by atoms with Crippen molar-refractivity contribution in [3.63, 3.8) is 0 Å². The fraction of sp³-hybridized carbons (Fsp3) is 0.250. The van der Waals surface area contributed by atoms with Crippen molar-refractivity contribution in [2.24, 2.45) is 0 Å². The second-order valence-corrected chi connectivity index (χ2v) is 10.9. The molecule has 1 heterocycles. The van der Waals surface area contributed by atoms with Crippen molar-refractivity contribution in [2.45, 2.75) is 45.5 Å². The van der Waals surface area contributed by atoms with Gasteiger partial charge in [0.2, 0.25) is 0 Å². The molecule has 4 aromatic carbocycles. The molecule has 1 aliphatic heterocycles. The number of ketones is 1. The third-order valence-corrected chi connectivity index (χ3v) is 7.33. The molecule has 5 rings (SSSR count). The van der Waals surface area contributed by atoms with Gasteiger partial charge in [-0.05, 0) is 56.0 Å². The normalized spacial score (nSPS) is 13.6. The van der Waals surface area contributed by atoms with Crippen LogP contribution in [0.1, 0.15) is 52.9 Å². The average Bonchev–Trinajstić information content (AvgIpc) is 3.01. The monoisotopic (exact) mass is 580 g/mol. The molecule has 0 radical (unpaired) electrons. The van der Waals surface area contributed by atoms with Gasteiger partial charge in [-0.25, -0.2) is 0 Å². The summed E-state index contributed by atoms with van der Waals surface area (Å²) >= 11 is 0. The highest BCUT2D eigenvalue weighted by molar-refractivity contribution is 6.11. The first-order chi connectivity index (χ1) is 20.8. The fourth-order valence-electron chi connectivity index (χ4n) is 5.01. The predicted molar refractivity (Wildman–Crippen MR) is 166 cm³/mol. The van der Waals surface area contributed by atoms with Crippen molar-refractivity contribution in [2.75, 3.05) is 14.2 Å². The Hall–Kier alpha value is -4.91. The van der Waals surface area contributed by atoms with E-state index < -0.39 is 11.4 Å². The number of fused-ring (bicyclic) bond motifs is 1. The first-order valence-electron chi connectivity index (χ1n) is 14.2. The maximum Gasteiger partial charge on any atom is 0.193 e. The van der Waals surface area contributed by atoms with Crippen LogP contribution in [0, 0.1) is 0 Å². The van der Waals surface area contributed by atoms with Crippen molar-refractivity contribution in [1.82, 2.24) is 0 Å². The Balaban J connectivity index is 1.45. The van der Waals surface area contributed by atoms with E-state index in [9.17, 15) is 9.90 Å². The highest BCUT2D eigenvalue weighted by Gasteiger charge is 2.32. The smallest absolute Gasteiger partial charge is 0.193 e. The lowest BCUT2D eigenvalue weighted by atomic mass is 9.91. The van der Waals surface area contributed by atoms with E-state index in [0.717, 1.165) is 23.1 Å². The quantitative estimate of drug-likeness (QED) is 0.145. The fourth-order valence-corrected chi connectivity index (χ4v) is 5.01. The van der Waals surface area contributed by atoms with Gasteiger partial charge in [0.25, 0.3) is 0 Å². The Morgan fingerprint density at radius 2 is 1.49 bits per heavy atom. The summed E-state index contributed by atoms with van der Waals surface area (Å²) in [7, 11) is 3.11. The zero-order valence-electron chi connectivity index (χ0n) is 24.9. The van der Waals surface area contributed by atoms with Crippen LogP contribution in [0.3, 0.4) is 0 Å². The molecule has 1 aliphatic rings. The van der Waals surface area contributed by atoms with Crippen LogP contribution < -0.4 is 23.7 Å². The maximum atomic E-state index is 13.7. The van der Waals surface area contributed by atoms with Gasteiger partial charge in [0.05, 0.1) is 14.2 Å². The lowest BCUT2D eigenvalue weighted by Crippen LogP contribution is -2.33. The van der Waals surface area contributed by atoms with E-state index in [1.165, 1.54) is 12.1 Å². The van der Waals surface area contributed by atoms with Crippen molar-refractivity contribution in [1.29, 1.82) is 0 Å². The first kappa shape index (κ1) is 29.6. The molecule has 1 N–H and O–H groups in total. The third-order valence-electron chi connectivity index (χ3n) is 7.33. The molecule has 4 aromatic rings. The summed E-state index contributed by atoms with van der Waals surface area (Å²) in [5.74, 6) is 1.74. The summed E-state index contributed by atoms with van der Waals surface area (Å²) in [4.78, 5) is 13.7. The molecular weight excluding hydrogens is 544 g/mol. The molecule has 0 spiro atoms. The minimum absolute atomic E-state index is 0.0861. The van der Waals surface area contributed by atoms with E-state index in [2.05, 4.69) is 0 Å². The molecule has 222 valence electrons. The molecule has 7 heteroatoms. The Kier molecular flexibility index (Phi) is 8.90. The number of allylic oxidation sites excluding steroid dienone is 1. The van der Waals surface area contributed by atoms with Crippen LogP contribution in [-0.4, -0.2) is 30.7 Å². The summed E-state index contributed by atoms with van der Waals surface area (Å²) < 4.78 is 29.6. The first-order valence-corrected chi connectivity index (χ1v) is 14.2. The van der Waals surface area contributed by atoms with Gasteiger partial charge < -0.3 is 28.8 Å². The molecule has 0 amide bonds. The summed E-state index contributed by atoms with van der Waals surface area (Å²) in [6, 6.07) is 24.5. The van der Waals surface area contributed by atoms with Gasteiger partial charge in [-0.15, -0.1) is 0 Å². The number of phenols is 1. The van der Waals surface area contributed by atoms with Crippen LogP contribution >= 0.6 is 0 Å². The van der Waals surface area contributed by atoms with Crippen molar-refractivity contribution >= 4 is 11.9 Å². The van der Waals surface area contributed by atoms with E-state index in [0.29, 0.717) is 47.3 Å². The van der Waals surface area contributed by atoms with Crippen molar-refractivity contribution in [3.05, 3.63) is 113 Å². The number of carbonyl (C=O) groups is 1. The molecular formula is C36H36O7. The standard InChI is InChI=1S/C36H36O7/c1-36(2)18-17-27-31(43-36)20-29(38)34(35(27)42-23-25-13-9-6-10-14-25)28(37)16-15-26-19-32(40-4)33(21-30(26)39-3)41-22-24-11-7-5-8-12-24/h5-16,19-21,38H,17-18,22-23H2,1-4H3/b16-15+. The van der Waals surface area contributed by atoms with E-state index in [1.807, 2.05) is 74.5 Å². The SMILES string of the molecule is COc1cc(OCc2ccccc2)c(OC)cc1/C=C/C(=O)c1c(O)cc2c(c1OCc1ccccc1)CCC(C)(C)O2. The molecule has 0 atom stereocenters. The number of benzene rings is 4. The van der Waals surface area contributed by atoms with Gasteiger partial charge in [0.15, 0.2) is 17.3 Å². The number of methoxy groups -OCH3 is 2. The minimum atomic E-state index is -0.418. The van der Waals surface area contributed by atoms with Crippen molar-refractivity contribution < 1.29 is 33.6 Å². The highest BCUT2D eigenvalue weighted by atomic mass is 16.5. The van der Waals surface area contributed by atoms with E-state index in [4.69, 9.17) is 23.7 Å². The van der Waals surface area contributed by atoms with Crippen LogP contribution in [0.2, 0.25) is 0 Å². The second-order valence-electron chi connectivity index (χ2n) is 10.9. The van der Waals surface area contributed by atoms with Crippen LogP contribution in [-0.2, 0) is 19.6 Å². The van der Waals surface area contributed by atoms with Crippen LogP contribution in [0.15, 0.2) is 84.9 Å². The summed E-state index contributed by atoms with van der Waals surface area (Å²) in [5.41, 5.74) is 3.02. The van der Waals surface area contributed by atoms with Gasteiger partial charge in [0, 0.05) is 23.3 Å². The Morgan fingerprint density at radius 3 is 2.12 bits per heavy atom. The molecule has 0 unspecified atom stereocenters. The molecule has 43 heavy (non-hydrogen) atoms. The number of carbonyl (C=O) groups excluding carboxylic acids is 1. The Bertz CT molecular complexity index is 1610. The molecule has 0 saturated carbocycles. The number of rotatable bonds is 11. The van der Waals surface area contributed by atoms with Crippen molar-refractivity contribution in [3.8, 4) is 34.5 Å². The number of phenolic OH excluding ortho intramolecular Hbond substituents is 1. The largest absolute Gasteiger partial charge is 0.507 e.